The summed E-state index contributed by atoms with van der Waals surface area (Å²) in [5, 5.41) is 2.97. The second kappa shape index (κ2) is 12.1. The van der Waals surface area contributed by atoms with Crippen molar-refractivity contribution in [1.29, 1.82) is 0 Å². The Hall–Kier alpha value is -4.60. The molecule has 0 saturated heterocycles. The first kappa shape index (κ1) is 28.4. The molecular formula is C30H28F3N3O4. The van der Waals surface area contributed by atoms with Gasteiger partial charge in [-0.05, 0) is 42.7 Å². The largest absolute Gasteiger partial charge is 0.466 e. The summed E-state index contributed by atoms with van der Waals surface area (Å²) in [5.41, 5.74) is 2.03. The van der Waals surface area contributed by atoms with Crippen molar-refractivity contribution >= 4 is 18.0 Å². The molecule has 0 fully saturated rings. The average molecular weight is 552 g/mol. The molecule has 0 radical (unpaired) electrons. The van der Waals surface area contributed by atoms with Crippen LogP contribution < -0.4 is 5.32 Å². The predicted octanol–water partition coefficient (Wildman–Crippen LogP) is 5.61. The van der Waals surface area contributed by atoms with Crippen molar-refractivity contribution < 1.29 is 32.2 Å². The maximum atomic E-state index is 13.5. The zero-order valence-corrected chi connectivity index (χ0v) is 22.2. The van der Waals surface area contributed by atoms with Crippen molar-refractivity contribution in [2.45, 2.75) is 32.5 Å². The lowest BCUT2D eigenvalue weighted by molar-refractivity contribution is -0.138. The second-order valence-corrected chi connectivity index (χ2v) is 9.23. The highest BCUT2D eigenvalue weighted by atomic mass is 19.4. The molecule has 2 aromatic carbocycles. The number of benzene rings is 2. The molecule has 1 aliphatic heterocycles. The number of imidazole rings is 1. The van der Waals surface area contributed by atoms with Gasteiger partial charge in [-0.3, -0.25) is 0 Å². The lowest BCUT2D eigenvalue weighted by Gasteiger charge is -2.30. The number of methoxy groups -OCH3 is 1. The summed E-state index contributed by atoms with van der Waals surface area (Å²) >= 11 is 0. The van der Waals surface area contributed by atoms with Crippen LogP contribution in [0.4, 0.5) is 13.2 Å². The first-order chi connectivity index (χ1) is 19.1. The molecule has 0 amide bonds. The number of aromatic nitrogens is 2. The molecule has 0 saturated carbocycles. The summed E-state index contributed by atoms with van der Waals surface area (Å²) in [7, 11) is 1.17. The van der Waals surface area contributed by atoms with Crippen LogP contribution in [0.2, 0.25) is 0 Å². The van der Waals surface area contributed by atoms with Crippen molar-refractivity contribution in [2.24, 2.45) is 0 Å². The number of rotatable bonds is 8. The fourth-order valence-corrected chi connectivity index (χ4v) is 4.58. The third kappa shape index (κ3) is 6.51. The highest BCUT2D eigenvalue weighted by Gasteiger charge is 2.39. The normalized spacial score (nSPS) is 15.8. The van der Waals surface area contributed by atoms with E-state index in [0.29, 0.717) is 17.9 Å². The molecule has 0 aliphatic carbocycles. The van der Waals surface area contributed by atoms with Crippen LogP contribution in [-0.4, -0.2) is 35.2 Å². The van der Waals surface area contributed by atoms with Crippen LogP contribution in [-0.2, 0) is 31.8 Å². The number of alkyl halides is 3. The molecule has 40 heavy (non-hydrogen) atoms. The van der Waals surface area contributed by atoms with Gasteiger partial charge in [-0.1, -0.05) is 48.5 Å². The zero-order valence-electron chi connectivity index (χ0n) is 22.2. The molecule has 3 aromatic rings. The van der Waals surface area contributed by atoms with Crippen LogP contribution in [0.3, 0.4) is 0 Å². The van der Waals surface area contributed by atoms with Crippen LogP contribution in [0.5, 0.6) is 0 Å². The highest BCUT2D eigenvalue weighted by Crippen LogP contribution is 2.41. The molecule has 1 aliphatic rings. The quantitative estimate of drug-likeness (QED) is 0.367. The van der Waals surface area contributed by atoms with Gasteiger partial charge in [-0.15, -0.1) is 0 Å². The number of carbonyl (C=O) groups excluding carboxylic acids is 2. The van der Waals surface area contributed by atoms with Gasteiger partial charge in [0.2, 0.25) is 0 Å². The first-order valence-corrected chi connectivity index (χ1v) is 12.4. The number of esters is 2. The van der Waals surface area contributed by atoms with Gasteiger partial charge < -0.3 is 19.4 Å². The second-order valence-electron chi connectivity index (χ2n) is 9.23. The van der Waals surface area contributed by atoms with E-state index >= 15 is 0 Å². The van der Waals surface area contributed by atoms with Crippen molar-refractivity contribution in [3.63, 3.8) is 0 Å². The van der Waals surface area contributed by atoms with E-state index in [4.69, 9.17) is 9.47 Å². The molecule has 1 atom stereocenters. The lowest BCUT2D eigenvalue weighted by Crippen LogP contribution is -2.32. The minimum absolute atomic E-state index is 0.0302. The SMILES string of the molecule is COC(=O)C1=C(C)NC(C)=C(C(=O)OCC=Cc2ccc(Cn3ccnc3)cc2)C1c1cccc(C(F)(F)F)c1. The Balaban J connectivity index is 1.52. The molecule has 2 heterocycles. The smallest absolute Gasteiger partial charge is 0.416 e. The minimum atomic E-state index is -4.60. The molecule has 1 aromatic heterocycles. The number of nitrogens with zero attached hydrogens (tertiary/aromatic N) is 2. The number of hydrogen-bond donors (Lipinski definition) is 1. The number of dihydropyridines is 1. The van der Waals surface area contributed by atoms with Crippen LogP contribution in [0.25, 0.3) is 6.08 Å². The van der Waals surface area contributed by atoms with Gasteiger partial charge in [0.15, 0.2) is 0 Å². The summed E-state index contributed by atoms with van der Waals surface area (Å²) in [6.45, 7) is 3.81. The predicted molar refractivity (Wildman–Crippen MR) is 143 cm³/mol. The van der Waals surface area contributed by atoms with Crippen LogP contribution in [0.15, 0.2) is 95.9 Å². The number of hydrogen-bond acceptors (Lipinski definition) is 6. The fourth-order valence-electron chi connectivity index (χ4n) is 4.58. The Kier molecular flexibility index (Phi) is 8.57. The Bertz CT molecular complexity index is 1470. The van der Waals surface area contributed by atoms with E-state index in [-0.39, 0.29) is 23.3 Å². The average Bonchev–Trinajstić information content (AvgIpc) is 3.44. The Morgan fingerprint density at radius 2 is 1.75 bits per heavy atom. The minimum Gasteiger partial charge on any atom is -0.466 e. The molecule has 208 valence electrons. The van der Waals surface area contributed by atoms with Crippen LogP contribution >= 0.6 is 0 Å². The molecule has 0 bridgehead atoms. The van der Waals surface area contributed by atoms with Gasteiger partial charge >= 0.3 is 18.1 Å². The molecule has 1 unspecified atom stereocenters. The van der Waals surface area contributed by atoms with E-state index in [1.165, 1.54) is 19.2 Å². The number of allylic oxidation sites excluding steroid dienone is 2. The first-order valence-electron chi connectivity index (χ1n) is 12.4. The van der Waals surface area contributed by atoms with Gasteiger partial charge in [-0.25, -0.2) is 14.6 Å². The molecular weight excluding hydrogens is 523 g/mol. The van der Waals surface area contributed by atoms with E-state index in [9.17, 15) is 22.8 Å². The fraction of sp³-hybridized carbons (Fsp3) is 0.233. The standard InChI is InChI=1S/C30H28F3N3O4/c1-19-25(28(37)39-3)27(23-7-4-8-24(16-23)30(31,32)33)26(20(2)35-19)29(38)40-15-5-6-21-9-11-22(12-10-21)17-36-14-13-34-18-36/h4-14,16,18,27,35H,15,17H2,1-3H3. The topological polar surface area (TPSA) is 82.5 Å². The van der Waals surface area contributed by atoms with E-state index in [1.807, 2.05) is 35.0 Å². The van der Waals surface area contributed by atoms with Crippen molar-refractivity contribution in [1.82, 2.24) is 14.9 Å². The Morgan fingerprint density at radius 1 is 1.05 bits per heavy atom. The third-order valence-corrected chi connectivity index (χ3v) is 6.46. The molecule has 1 N–H and O–H groups in total. The summed E-state index contributed by atoms with van der Waals surface area (Å²) in [4.78, 5) is 30.0. The van der Waals surface area contributed by atoms with E-state index in [1.54, 1.807) is 38.5 Å². The van der Waals surface area contributed by atoms with E-state index < -0.39 is 29.6 Å². The van der Waals surface area contributed by atoms with Gasteiger partial charge in [0.05, 0.1) is 36.1 Å². The van der Waals surface area contributed by atoms with Gasteiger partial charge in [0.25, 0.3) is 0 Å². The van der Waals surface area contributed by atoms with Crippen LogP contribution in [0, 0.1) is 0 Å². The summed E-state index contributed by atoms with van der Waals surface area (Å²) in [6.07, 6.45) is 4.19. The van der Waals surface area contributed by atoms with E-state index in [2.05, 4.69) is 10.3 Å². The number of halogens is 3. The van der Waals surface area contributed by atoms with Crippen molar-refractivity contribution in [2.75, 3.05) is 13.7 Å². The number of carbonyl (C=O) groups is 2. The van der Waals surface area contributed by atoms with Crippen molar-refractivity contribution in [3.8, 4) is 0 Å². The monoisotopic (exact) mass is 551 g/mol. The number of nitrogens with one attached hydrogen (secondary N) is 1. The maximum Gasteiger partial charge on any atom is 0.416 e. The molecule has 0 spiro atoms. The Morgan fingerprint density at radius 3 is 2.38 bits per heavy atom. The zero-order chi connectivity index (χ0) is 28.9. The van der Waals surface area contributed by atoms with Gasteiger partial charge in [0.1, 0.15) is 6.61 Å². The maximum absolute atomic E-state index is 13.5. The van der Waals surface area contributed by atoms with Crippen molar-refractivity contribution in [3.05, 3.63) is 118 Å². The highest BCUT2D eigenvalue weighted by molar-refractivity contribution is 5.99. The molecule has 7 nitrogen and oxygen atoms in total. The summed E-state index contributed by atoms with van der Waals surface area (Å²) in [6, 6.07) is 12.4. The third-order valence-electron chi connectivity index (χ3n) is 6.46. The molecule has 10 heteroatoms. The number of ether oxygens (including phenoxy) is 2. The van der Waals surface area contributed by atoms with Gasteiger partial charge in [-0.2, -0.15) is 13.2 Å². The molecule has 4 rings (SSSR count). The van der Waals surface area contributed by atoms with Crippen LogP contribution in [0.1, 0.15) is 42.0 Å². The Labute approximate surface area is 229 Å². The van der Waals surface area contributed by atoms with E-state index in [0.717, 1.165) is 23.3 Å². The lowest BCUT2D eigenvalue weighted by atomic mass is 9.80. The summed E-state index contributed by atoms with van der Waals surface area (Å²) in [5.74, 6) is -2.64. The summed E-state index contributed by atoms with van der Waals surface area (Å²) < 4.78 is 52.8. The van der Waals surface area contributed by atoms with Gasteiger partial charge in [0, 0.05) is 30.3 Å².